The second-order valence-corrected chi connectivity index (χ2v) is 6.15. The Morgan fingerprint density at radius 2 is 2.22 bits per heavy atom. The molecular weight excluding hydrogens is 288 g/mol. The van der Waals surface area contributed by atoms with Crippen molar-refractivity contribution in [1.29, 1.82) is 0 Å². The van der Waals surface area contributed by atoms with Gasteiger partial charge < -0.3 is 10.6 Å². The van der Waals surface area contributed by atoms with Crippen LogP contribution in [0, 0.1) is 12.3 Å². The first-order chi connectivity index (χ1) is 11.2. The fourth-order valence-corrected chi connectivity index (χ4v) is 3.06. The number of amides is 1. The van der Waals surface area contributed by atoms with Gasteiger partial charge in [-0.25, -0.2) is 0 Å². The van der Waals surface area contributed by atoms with Gasteiger partial charge in [-0.05, 0) is 24.1 Å². The fraction of sp³-hybridized carbons (Fsp3) is 0.500. The van der Waals surface area contributed by atoms with Crippen LogP contribution < -0.4 is 10.6 Å². The maximum absolute atomic E-state index is 12.1. The van der Waals surface area contributed by atoms with E-state index < -0.39 is 0 Å². The van der Waals surface area contributed by atoms with E-state index in [1.54, 1.807) is 0 Å². The number of nitrogens with one attached hydrogen (secondary N) is 2. The number of nitrogens with zero attached hydrogens (tertiary/aromatic N) is 2. The minimum absolute atomic E-state index is 0.0484. The van der Waals surface area contributed by atoms with Crippen molar-refractivity contribution < 1.29 is 4.79 Å². The first-order valence-electron chi connectivity index (χ1n) is 8.18. The third-order valence-electron chi connectivity index (χ3n) is 4.52. The van der Waals surface area contributed by atoms with Gasteiger partial charge in [0.15, 0.2) is 5.66 Å². The first kappa shape index (κ1) is 15.7. The van der Waals surface area contributed by atoms with Crippen LogP contribution in [-0.2, 0) is 11.2 Å². The van der Waals surface area contributed by atoms with Crippen LogP contribution in [0.25, 0.3) is 0 Å². The lowest BCUT2D eigenvalue weighted by Crippen LogP contribution is -2.39. The maximum atomic E-state index is 12.1. The minimum Gasteiger partial charge on any atom is -0.354 e. The molecule has 0 fully saturated rings. The highest BCUT2D eigenvalue weighted by Gasteiger charge is 2.39. The Morgan fingerprint density at radius 3 is 3.00 bits per heavy atom. The SMILES string of the molecule is C#CCCC1(CCC(=O)NCC2NCCc3ccccc32)N=N1. The molecule has 2 aliphatic heterocycles. The molecule has 2 aliphatic rings. The lowest BCUT2D eigenvalue weighted by molar-refractivity contribution is -0.121. The van der Waals surface area contributed by atoms with Gasteiger partial charge in [0.2, 0.25) is 5.91 Å². The molecular formula is C18H22N4O. The van der Waals surface area contributed by atoms with Crippen LogP contribution in [0.1, 0.15) is 42.9 Å². The number of carbonyl (C=O) groups excluding carboxylic acids is 1. The Hall–Kier alpha value is -2.19. The number of rotatable bonds is 7. The molecule has 1 atom stereocenters. The summed E-state index contributed by atoms with van der Waals surface area (Å²) in [6.45, 7) is 1.56. The summed E-state index contributed by atoms with van der Waals surface area (Å²) in [7, 11) is 0. The summed E-state index contributed by atoms with van der Waals surface area (Å²) in [5.41, 5.74) is 2.28. The third-order valence-corrected chi connectivity index (χ3v) is 4.52. The predicted molar refractivity (Wildman–Crippen MR) is 88.8 cm³/mol. The van der Waals surface area contributed by atoms with Crippen LogP contribution in [0.3, 0.4) is 0 Å². The van der Waals surface area contributed by atoms with Crippen molar-refractivity contribution in [2.75, 3.05) is 13.1 Å². The highest BCUT2D eigenvalue weighted by molar-refractivity contribution is 5.76. The molecule has 0 aliphatic carbocycles. The fourth-order valence-electron chi connectivity index (χ4n) is 3.06. The van der Waals surface area contributed by atoms with Crippen molar-refractivity contribution in [3.05, 3.63) is 35.4 Å². The van der Waals surface area contributed by atoms with Crippen molar-refractivity contribution in [3.8, 4) is 12.3 Å². The van der Waals surface area contributed by atoms with Crippen molar-refractivity contribution in [3.63, 3.8) is 0 Å². The summed E-state index contributed by atoms with van der Waals surface area (Å²) < 4.78 is 0. The highest BCUT2D eigenvalue weighted by atomic mass is 16.1. The summed E-state index contributed by atoms with van der Waals surface area (Å²) in [6.07, 6.45) is 8.79. The number of terminal acetylenes is 1. The van der Waals surface area contributed by atoms with E-state index in [2.05, 4.69) is 45.0 Å². The van der Waals surface area contributed by atoms with Gasteiger partial charge in [-0.1, -0.05) is 24.3 Å². The molecule has 0 aromatic heterocycles. The summed E-state index contributed by atoms with van der Waals surface area (Å²) in [6, 6.07) is 8.60. The lowest BCUT2D eigenvalue weighted by atomic mass is 9.94. The Morgan fingerprint density at radius 1 is 1.39 bits per heavy atom. The zero-order chi connectivity index (χ0) is 16.1. The van der Waals surface area contributed by atoms with E-state index in [4.69, 9.17) is 6.42 Å². The molecule has 0 saturated heterocycles. The quantitative estimate of drug-likeness (QED) is 0.759. The molecule has 1 aromatic carbocycles. The van der Waals surface area contributed by atoms with Crippen LogP contribution in [0.5, 0.6) is 0 Å². The Kier molecular flexibility index (Phi) is 4.73. The molecule has 0 spiro atoms. The van der Waals surface area contributed by atoms with Crippen LogP contribution in [0.4, 0.5) is 0 Å². The van der Waals surface area contributed by atoms with Gasteiger partial charge in [0.1, 0.15) is 0 Å². The average Bonchev–Trinajstić information content (AvgIpc) is 3.36. The van der Waals surface area contributed by atoms with E-state index in [9.17, 15) is 4.79 Å². The topological polar surface area (TPSA) is 65.8 Å². The largest absolute Gasteiger partial charge is 0.354 e. The molecule has 3 rings (SSSR count). The monoisotopic (exact) mass is 310 g/mol. The van der Waals surface area contributed by atoms with E-state index in [-0.39, 0.29) is 17.6 Å². The van der Waals surface area contributed by atoms with Gasteiger partial charge in [0.25, 0.3) is 0 Å². The van der Waals surface area contributed by atoms with Crippen LogP contribution in [0.15, 0.2) is 34.5 Å². The van der Waals surface area contributed by atoms with Crippen LogP contribution in [0.2, 0.25) is 0 Å². The summed E-state index contributed by atoms with van der Waals surface area (Å²) in [4.78, 5) is 12.1. The van der Waals surface area contributed by atoms with Gasteiger partial charge >= 0.3 is 0 Å². The minimum atomic E-state index is -0.376. The van der Waals surface area contributed by atoms with Crippen molar-refractivity contribution >= 4 is 5.91 Å². The molecule has 5 heteroatoms. The molecule has 5 nitrogen and oxygen atoms in total. The van der Waals surface area contributed by atoms with Gasteiger partial charge in [-0.3, -0.25) is 4.79 Å². The van der Waals surface area contributed by atoms with Crippen LogP contribution >= 0.6 is 0 Å². The summed E-state index contributed by atoms with van der Waals surface area (Å²) in [5, 5.41) is 14.6. The van der Waals surface area contributed by atoms with Gasteiger partial charge in [-0.15, -0.1) is 12.3 Å². The molecule has 0 saturated carbocycles. The zero-order valence-electron chi connectivity index (χ0n) is 13.2. The van der Waals surface area contributed by atoms with Gasteiger partial charge in [0, 0.05) is 38.3 Å². The summed E-state index contributed by atoms with van der Waals surface area (Å²) in [5.74, 6) is 2.65. The van der Waals surface area contributed by atoms with E-state index >= 15 is 0 Å². The Labute approximate surface area is 137 Å². The smallest absolute Gasteiger partial charge is 0.220 e. The first-order valence-corrected chi connectivity index (χ1v) is 8.18. The number of fused-ring (bicyclic) bond motifs is 1. The molecule has 23 heavy (non-hydrogen) atoms. The van der Waals surface area contributed by atoms with Crippen molar-refractivity contribution in [1.82, 2.24) is 10.6 Å². The molecule has 2 heterocycles. The number of hydrogen-bond acceptors (Lipinski definition) is 4. The van der Waals surface area contributed by atoms with E-state index in [1.165, 1.54) is 11.1 Å². The second kappa shape index (κ2) is 6.93. The number of carbonyl (C=O) groups is 1. The Balaban J connectivity index is 1.44. The van der Waals surface area contributed by atoms with Gasteiger partial charge in [0.05, 0.1) is 0 Å². The number of benzene rings is 1. The number of hydrogen-bond donors (Lipinski definition) is 2. The molecule has 1 amide bonds. The zero-order valence-corrected chi connectivity index (χ0v) is 13.2. The van der Waals surface area contributed by atoms with Crippen molar-refractivity contribution in [2.45, 2.75) is 43.8 Å². The molecule has 1 unspecified atom stereocenters. The highest BCUT2D eigenvalue weighted by Crippen LogP contribution is 2.37. The van der Waals surface area contributed by atoms with E-state index in [0.717, 1.165) is 19.4 Å². The molecule has 120 valence electrons. The van der Waals surface area contributed by atoms with Crippen molar-refractivity contribution in [2.24, 2.45) is 10.2 Å². The predicted octanol–water partition coefficient (Wildman–Crippen LogP) is 2.35. The second-order valence-electron chi connectivity index (χ2n) is 6.15. The Bertz CT molecular complexity index is 641. The maximum Gasteiger partial charge on any atom is 0.220 e. The standard InChI is InChI=1S/C18H22N4O/c1-2-3-10-18(21-22-18)11-8-17(23)20-13-16-15-7-5-4-6-14(15)9-12-19-16/h1,4-7,16,19H,3,8-13H2,(H,20,23). The lowest BCUT2D eigenvalue weighted by Gasteiger charge is -2.27. The normalized spacial score (nSPS) is 20.4. The third kappa shape index (κ3) is 3.96. The van der Waals surface area contributed by atoms with Crippen LogP contribution in [-0.4, -0.2) is 24.7 Å². The average molecular weight is 310 g/mol. The molecule has 0 radical (unpaired) electrons. The summed E-state index contributed by atoms with van der Waals surface area (Å²) >= 11 is 0. The van der Waals surface area contributed by atoms with E-state index in [0.29, 0.717) is 25.8 Å². The molecule has 1 aromatic rings. The van der Waals surface area contributed by atoms with E-state index in [1.807, 2.05) is 6.07 Å². The van der Waals surface area contributed by atoms with Gasteiger partial charge in [-0.2, -0.15) is 10.2 Å². The molecule has 0 bridgehead atoms. The molecule has 2 N–H and O–H groups in total.